The zero-order valence-corrected chi connectivity index (χ0v) is 17.6. The largest absolute Gasteiger partial charge is 0.427 e. The van der Waals surface area contributed by atoms with Crippen LogP contribution in [0.15, 0.2) is 60.7 Å². The molecule has 154 valence electrons. The molecule has 0 spiro atoms. The second kappa shape index (κ2) is 8.30. The van der Waals surface area contributed by atoms with E-state index in [1.54, 1.807) is 18.2 Å². The fraction of sp³-hybridized carbons (Fsp3) is 0.0714. The van der Waals surface area contributed by atoms with E-state index in [1.165, 1.54) is 13.8 Å². The third kappa shape index (κ3) is 3.90. The molecule has 4 aromatic carbocycles. The van der Waals surface area contributed by atoms with Gasteiger partial charge in [-0.3, -0.25) is 9.59 Å². The fourth-order valence-electron chi connectivity index (χ4n) is 3.77. The van der Waals surface area contributed by atoms with Crippen molar-refractivity contribution < 1.29 is 19.1 Å². The molecule has 0 aliphatic heterocycles. The number of esters is 2. The highest BCUT2D eigenvalue weighted by molar-refractivity contribution is 6.09. The summed E-state index contributed by atoms with van der Waals surface area (Å²) in [6.07, 6.45) is 11.3. The molecule has 32 heavy (non-hydrogen) atoms. The zero-order chi connectivity index (χ0) is 22.8. The Hall–Kier alpha value is -4.54. The fourth-order valence-corrected chi connectivity index (χ4v) is 3.77. The Labute approximate surface area is 185 Å². The monoisotopic (exact) mass is 418 g/mol. The summed E-state index contributed by atoms with van der Waals surface area (Å²) in [7, 11) is 0. The van der Waals surface area contributed by atoms with Gasteiger partial charge in [0.25, 0.3) is 0 Å². The van der Waals surface area contributed by atoms with Crippen LogP contribution in [0.5, 0.6) is 11.5 Å². The number of hydrogen-bond donors (Lipinski definition) is 0. The Morgan fingerprint density at radius 2 is 1.38 bits per heavy atom. The van der Waals surface area contributed by atoms with Gasteiger partial charge in [0.2, 0.25) is 0 Å². The summed E-state index contributed by atoms with van der Waals surface area (Å²) in [5.74, 6) is 5.26. The quantitative estimate of drug-likeness (QED) is 0.251. The smallest absolute Gasteiger partial charge is 0.308 e. The van der Waals surface area contributed by atoms with E-state index in [9.17, 15) is 9.59 Å². The molecule has 0 radical (unpaired) electrons. The molecular formula is C28H18O4. The molecule has 0 aliphatic rings. The number of rotatable bonds is 3. The minimum atomic E-state index is -0.441. The molecule has 4 aromatic rings. The average molecular weight is 418 g/mol. The van der Waals surface area contributed by atoms with Gasteiger partial charge in [-0.15, -0.1) is 12.8 Å². The highest BCUT2D eigenvalue weighted by atomic mass is 16.5. The third-order valence-corrected chi connectivity index (χ3v) is 5.03. The standard InChI is InChI=1S/C28H18O4/c1-5-19-7-11-24-21(13-19)9-12-27(32-18(4)30)28(24)26-15-20(6-2)14-22-8-10-23(16-25(22)26)31-17(3)29/h1-2,7-16H,3-4H3. The van der Waals surface area contributed by atoms with Gasteiger partial charge in [0.05, 0.1) is 0 Å². The Bertz CT molecular complexity index is 1500. The Kier molecular flexibility index (Phi) is 5.37. The van der Waals surface area contributed by atoms with Gasteiger partial charge >= 0.3 is 11.9 Å². The number of hydrogen-bond acceptors (Lipinski definition) is 4. The Morgan fingerprint density at radius 3 is 2.06 bits per heavy atom. The minimum absolute atomic E-state index is 0.395. The van der Waals surface area contributed by atoms with Gasteiger partial charge in [0, 0.05) is 30.5 Å². The summed E-state index contributed by atoms with van der Waals surface area (Å²) >= 11 is 0. The van der Waals surface area contributed by atoms with Gasteiger partial charge in [-0.1, -0.05) is 30.0 Å². The predicted octanol–water partition coefficient (Wildman–Crippen LogP) is 5.47. The van der Waals surface area contributed by atoms with Gasteiger partial charge in [-0.2, -0.15) is 0 Å². The van der Waals surface area contributed by atoms with Gasteiger partial charge < -0.3 is 9.47 Å². The molecule has 0 saturated carbocycles. The third-order valence-electron chi connectivity index (χ3n) is 5.03. The first-order valence-corrected chi connectivity index (χ1v) is 9.84. The molecule has 0 aliphatic carbocycles. The normalized spacial score (nSPS) is 10.4. The second-order valence-electron chi connectivity index (χ2n) is 7.26. The van der Waals surface area contributed by atoms with Crippen LogP contribution in [-0.4, -0.2) is 11.9 Å². The first-order valence-electron chi connectivity index (χ1n) is 9.84. The molecule has 4 nitrogen and oxygen atoms in total. The van der Waals surface area contributed by atoms with Crippen molar-refractivity contribution in [1.29, 1.82) is 0 Å². The van der Waals surface area contributed by atoms with Crippen LogP contribution in [-0.2, 0) is 9.59 Å². The van der Waals surface area contributed by atoms with E-state index >= 15 is 0 Å². The lowest BCUT2D eigenvalue weighted by atomic mass is 9.91. The molecule has 0 fully saturated rings. The Morgan fingerprint density at radius 1 is 0.719 bits per heavy atom. The van der Waals surface area contributed by atoms with Crippen molar-refractivity contribution in [2.75, 3.05) is 0 Å². The van der Waals surface area contributed by atoms with Gasteiger partial charge in [0.1, 0.15) is 11.5 Å². The van der Waals surface area contributed by atoms with Crippen LogP contribution in [0.4, 0.5) is 0 Å². The first-order chi connectivity index (χ1) is 15.4. The topological polar surface area (TPSA) is 52.6 Å². The van der Waals surface area contributed by atoms with Crippen LogP contribution in [0, 0.1) is 24.7 Å². The lowest BCUT2D eigenvalue weighted by Crippen LogP contribution is -2.03. The molecule has 0 aromatic heterocycles. The predicted molar refractivity (Wildman–Crippen MR) is 125 cm³/mol. The molecule has 0 amide bonds. The van der Waals surface area contributed by atoms with Gasteiger partial charge in [0.15, 0.2) is 0 Å². The molecule has 4 rings (SSSR count). The maximum atomic E-state index is 11.9. The highest BCUT2D eigenvalue weighted by Gasteiger charge is 2.17. The van der Waals surface area contributed by atoms with E-state index in [-0.39, 0.29) is 0 Å². The van der Waals surface area contributed by atoms with E-state index in [4.69, 9.17) is 22.3 Å². The molecule has 0 unspecified atom stereocenters. The van der Waals surface area contributed by atoms with Crippen LogP contribution < -0.4 is 9.47 Å². The molecule has 0 saturated heterocycles. The molecule has 0 heterocycles. The summed E-state index contributed by atoms with van der Waals surface area (Å²) in [5.41, 5.74) is 2.85. The van der Waals surface area contributed by atoms with Gasteiger partial charge in [-0.25, -0.2) is 0 Å². The van der Waals surface area contributed by atoms with Crippen molar-refractivity contribution in [3.63, 3.8) is 0 Å². The van der Waals surface area contributed by atoms with Crippen molar-refractivity contribution >= 4 is 33.5 Å². The van der Waals surface area contributed by atoms with Crippen LogP contribution in [0.3, 0.4) is 0 Å². The number of fused-ring (bicyclic) bond motifs is 2. The Balaban J connectivity index is 2.12. The van der Waals surface area contributed by atoms with Crippen molar-refractivity contribution in [3.05, 3.63) is 71.8 Å². The minimum Gasteiger partial charge on any atom is -0.427 e. The summed E-state index contributed by atoms with van der Waals surface area (Å²) in [6.45, 7) is 2.70. The van der Waals surface area contributed by atoms with E-state index < -0.39 is 11.9 Å². The number of carbonyl (C=O) groups excluding carboxylic acids is 2. The molecule has 0 N–H and O–H groups in total. The van der Waals surface area contributed by atoms with Crippen LogP contribution in [0.2, 0.25) is 0 Å². The number of ether oxygens (including phenoxy) is 2. The molecule has 0 bridgehead atoms. The van der Waals surface area contributed by atoms with Crippen molar-refractivity contribution in [2.45, 2.75) is 13.8 Å². The summed E-state index contributed by atoms with van der Waals surface area (Å²) in [6, 6.07) is 18.3. The maximum absolute atomic E-state index is 11.9. The van der Waals surface area contributed by atoms with Crippen LogP contribution in [0.1, 0.15) is 25.0 Å². The van der Waals surface area contributed by atoms with E-state index in [2.05, 4.69) is 11.8 Å². The lowest BCUT2D eigenvalue weighted by Gasteiger charge is -2.16. The molecule has 0 atom stereocenters. The summed E-state index contributed by atoms with van der Waals surface area (Å²) in [5, 5.41) is 3.39. The van der Waals surface area contributed by atoms with Crippen molar-refractivity contribution in [1.82, 2.24) is 0 Å². The molecular weight excluding hydrogens is 400 g/mol. The first kappa shape index (κ1) is 20.7. The van der Waals surface area contributed by atoms with Gasteiger partial charge in [-0.05, 0) is 69.6 Å². The van der Waals surface area contributed by atoms with E-state index in [0.717, 1.165) is 32.7 Å². The number of carbonyl (C=O) groups is 2. The summed E-state index contributed by atoms with van der Waals surface area (Å²) < 4.78 is 10.9. The van der Waals surface area contributed by atoms with Crippen molar-refractivity contribution in [3.8, 4) is 47.3 Å². The highest BCUT2D eigenvalue weighted by Crippen LogP contribution is 2.42. The average Bonchev–Trinajstić information content (AvgIpc) is 2.77. The maximum Gasteiger partial charge on any atom is 0.308 e. The zero-order valence-electron chi connectivity index (χ0n) is 17.6. The van der Waals surface area contributed by atoms with Crippen LogP contribution in [0.25, 0.3) is 32.7 Å². The van der Waals surface area contributed by atoms with Crippen LogP contribution >= 0.6 is 0 Å². The number of benzene rings is 4. The SMILES string of the molecule is C#Cc1cc(-c2c(OC(C)=O)ccc3cc(C#C)ccc23)c2cc(OC(C)=O)ccc2c1. The summed E-state index contributed by atoms with van der Waals surface area (Å²) in [4.78, 5) is 23.3. The lowest BCUT2D eigenvalue weighted by molar-refractivity contribution is -0.132. The van der Waals surface area contributed by atoms with Crippen molar-refractivity contribution in [2.24, 2.45) is 0 Å². The van der Waals surface area contributed by atoms with E-state index in [1.807, 2.05) is 42.5 Å². The number of terminal acetylenes is 2. The second-order valence-corrected chi connectivity index (χ2v) is 7.26. The molecule has 4 heteroatoms. The van der Waals surface area contributed by atoms with E-state index in [0.29, 0.717) is 22.6 Å².